The number of rotatable bonds is 6. The van der Waals surface area contributed by atoms with Crippen LogP contribution < -0.4 is 10.1 Å². The number of benzene rings is 1. The molecule has 0 saturated heterocycles. The van der Waals surface area contributed by atoms with Gasteiger partial charge in [-0.1, -0.05) is 12.1 Å². The lowest BCUT2D eigenvalue weighted by molar-refractivity contribution is 0.0536. The second-order valence-corrected chi connectivity index (χ2v) is 6.31. The molecular formula is C18H23N3O3. The maximum absolute atomic E-state index is 10.7. The minimum absolute atomic E-state index is 0.0507. The first-order valence-electron chi connectivity index (χ1n) is 7.92. The molecule has 1 aromatic carbocycles. The van der Waals surface area contributed by atoms with Crippen LogP contribution >= 0.6 is 0 Å². The Kier molecular flexibility index (Phi) is 4.34. The number of nitrogens with zero attached hydrogens (tertiary/aromatic N) is 2. The van der Waals surface area contributed by atoms with E-state index < -0.39 is 5.60 Å². The average Bonchev–Trinajstić information content (AvgIpc) is 3.18. The van der Waals surface area contributed by atoms with Crippen molar-refractivity contribution in [2.24, 2.45) is 7.05 Å². The highest BCUT2D eigenvalue weighted by Gasteiger charge is 2.26. The lowest BCUT2D eigenvalue weighted by atomic mass is 9.99. The third-order valence-electron chi connectivity index (χ3n) is 4.25. The summed E-state index contributed by atoms with van der Waals surface area (Å²) in [5.74, 6) is 1.52. The zero-order chi connectivity index (χ0) is 17.3. The molecule has 2 N–H and O–H groups in total. The summed E-state index contributed by atoms with van der Waals surface area (Å²) in [6, 6.07) is 7.75. The van der Waals surface area contributed by atoms with E-state index in [-0.39, 0.29) is 6.04 Å². The van der Waals surface area contributed by atoms with Gasteiger partial charge in [0, 0.05) is 30.7 Å². The number of methoxy groups -OCH3 is 1. The molecule has 0 aliphatic heterocycles. The molecule has 0 spiro atoms. The van der Waals surface area contributed by atoms with Gasteiger partial charge < -0.3 is 19.6 Å². The third kappa shape index (κ3) is 3.16. The summed E-state index contributed by atoms with van der Waals surface area (Å²) >= 11 is 0. The van der Waals surface area contributed by atoms with Gasteiger partial charge in [-0.2, -0.15) is 5.10 Å². The van der Waals surface area contributed by atoms with Crippen molar-refractivity contribution in [3.8, 4) is 5.75 Å². The molecular weight excluding hydrogens is 306 g/mol. The summed E-state index contributed by atoms with van der Waals surface area (Å²) < 4.78 is 13.0. The van der Waals surface area contributed by atoms with Crippen LogP contribution in [0, 0.1) is 0 Å². The summed E-state index contributed by atoms with van der Waals surface area (Å²) in [4.78, 5) is 0. The van der Waals surface area contributed by atoms with Crippen LogP contribution in [0.4, 0.5) is 0 Å². The molecule has 6 heteroatoms. The molecule has 0 fully saturated rings. The van der Waals surface area contributed by atoms with E-state index in [2.05, 4.69) is 10.4 Å². The van der Waals surface area contributed by atoms with Crippen LogP contribution in [0.2, 0.25) is 0 Å². The van der Waals surface area contributed by atoms with Crippen molar-refractivity contribution >= 4 is 11.0 Å². The zero-order valence-corrected chi connectivity index (χ0v) is 14.4. The highest BCUT2D eigenvalue weighted by molar-refractivity contribution is 5.83. The number of nitrogens with one attached hydrogen (secondary N) is 1. The molecule has 6 nitrogen and oxygen atoms in total. The Balaban J connectivity index is 1.74. The minimum Gasteiger partial charge on any atom is -0.493 e. The summed E-state index contributed by atoms with van der Waals surface area (Å²) in [7, 11) is 3.46. The average molecular weight is 329 g/mol. The van der Waals surface area contributed by atoms with Gasteiger partial charge in [-0.05, 0) is 26.0 Å². The van der Waals surface area contributed by atoms with Crippen molar-refractivity contribution in [3.63, 3.8) is 0 Å². The van der Waals surface area contributed by atoms with Crippen molar-refractivity contribution in [1.29, 1.82) is 0 Å². The van der Waals surface area contributed by atoms with Crippen LogP contribution in [-0.2, 0) is 12.6 Å². The van der Waals surface area contributed by atoms with Gasteiger partial charge in [0.2, 0.25) is 0 Å². The summed E-state index contributed by atoms with van der Waals surface area (Å²) in [5.41, 5.74) is 0.505. The first-order chi connectivity index (χ1) is 11.4. The molecule has 0 saturated carbocycles. The van der Waals surface area contributed by atoms with Gasteiger partial charge in [-0.3, -0.25) is 4.68 Å². The first-order valence-corrected chi connectivity index (χ1v) is 7.92. The van der Waals surface area contributed by atoms with E-state index in [9.17, 15) is 5.11 Å². The fraction of sp³-hybridized carbons (Fsp3) is 0.389. The maximum Gasteiger partial charge on any atom is 0.176 e. The smallest absolute Gasteiger partial charge is 0.176 e. The first kappa shape index (κ1) is 16.5. The molecule has 128 valence electrons. The Morgan fingerprint density at radius 2 is 2.25 bits per heavy atom. The van der Waals surface area contributed by atoms with Gasteiger partial charge >= 0.3 is 0 Å². The zero-order valence-electron chi connectivity index (χ0n) is 14.4. The highest BCUT2D eigenvalue weighted by atomic mass is 16.5. The molecule has 2 atom stereocenters. The lowest BCUT2D eigenvalue weighted by Gasteiger charge is -2.24. The molecule has 0 amide bonds. The molecule has 0 radical (unpaired) electrons. The van der Waals surface area contributed by atoms with Crippen LogP contribution in [0.1, 0.15) is 31.2 Å². The number of aryl methyl sites for hydroxylation is 1. The molecule has 0 unspecified atom stereocenters. The molecule has 0 aliphatic carbocycles. The van der Waals surface area contributed by atoms with Crippen molar-refractivity contribution in [3.05, 3.63) is 48.0 Å². The van der Waals surface area contributed by atoms with Crippen molar-refractivity contribution in [1.82, 2.24) is 15.1 Å². The number of hydrogen-bond donors (Lipinski definition) is 2. The monoisotopic (exact) mass is 329 g/mol. The number of furan rings is 1. The van der Waals surface area contributed by atoms with Crippen LogP contribution in [0.25, 0.3) is 11.0 Å². The number of ether oxygens (including phenoxy) is 1. The normalized spacial score (nSPS) is 15.4. The summed E-state index contributed by atoms with van der Waals surface area (Å²) in [5, 5.41) is 19.1. The number of aromatic nitrogens is 2. The Bertz CT molecular complexity index is 835. The predicted molar refractivity (Wildman–Crippen MR) is 92.0 cm³/mol. The Morgan fingerprint density at radius 3 is 2.92 bits per heavy atom. The second-order valence-electron chi connectivity index (χ2n) is 6.31. The molecule has 2 aromatic heterocycles. The number of hydrogen-bond acceptors (Lipinski definition) is 5. The largest absolute Gasteiger partial charge is 0.493 e. The fourth-order valence-corrected chi connectivity index (χ4v) is 2.68. The molecule has 3 rings (SSSR count). The fourth-order valence-electron chi connectivity index (χ4n) is 2.68. The van der Waals surface area contributed by atoms with E-state index in [4.69, 9.17) is 9.15 Å². The van der Waals surface area contributed by atoms with Gasteiger partial charge in [0.25, 0.3) is 0 Å². The SMILES string of the molecule is COc1cccc2cc([C@@H](C)NC[C@](C)(O)c3cnn(C)c3)oc12. The van der Waals surface area contributed by atoms with Crippen LogP contribution in [0.3, 0.4) is 0 Å². The highest BCUT2D eigenvalue weighted by Crippen LogP contribution is 2.31. The van der Waals surface area contributed by atoms with Crippen molar-refractivity contribution in [2.45, 2.75) is 25.5 Å². The van der Waals surface area contributed by atoms with E-state index >= 15 is 0 Å². The molecule has 0 aliphatic rings. The second kappa shape index (κ2) is 6.30. The summed E-state index contributed by atoms with van der Waals surface area (Å²) in [6.07, 6.45) is 3.50. The molecule has 2 heterocycles. The van der Waals surface area contributed by atoms with Crippen LogP contribution in [-0.4, -0.2) is 28.5 Å². The van der Waals surface area contributed by atoms with Gasteiger partial charge in [-0.25, -0.2) is 0 Å². The Labute approximate surface area is 141 Å². The van der Waals surface area contributed by atoms with Gasteiger partial charge in [0.05, 0.1) is 19.3 Å². The Hall–Kier alpha value is -2.31. The summed E-state index contributed by atoms with van der Waals surface area (Å²) in [6.45, 7) is 4.16. The third-order valence-corrected chi connectivity index (χ3v) is 4.25. The molecule has 24 heavy (non-hydrogen) atoms. The molecule has 3 aromatic rings. The number of fused-ring (bicyclic) bond motifs is 1. The van der Waals surface area contributed by atoms with E-state index in [1.165, 1.54) is 0 Å². The van der Waals surface area contributed by atoms with Crippen molar-refractivity contribution in [2.75, 3.05) is 13.7 Å². The number of aliphatic hydroxyl groups is 1. The van der Waals surface area contributed by atoms with Crippen molar-refractivity contribution < 1.29 is 14.3 Å². The number of para-hydroxylation sites is 1. The standard InChI is InChI=1S/C18H23N3O3/c1-12(19-11-18(2,22)14-9-20-21(3)10-14)16-8-13-6-5-7-15(23-4)17(13)24-16/h5-10,12,19,22H,11H2,1-4H3/t12-,18+/m1/s1. The van der Waals surface area contributed by atoms with Crippen LogP contribution in [0.5, 0.6) is 5.75 Å². The lowest BCUT2D eigenvalue weighted by Crippen LogP contribution is -2.36. The minimum atomic E-state index is -1.01. The quantitative estimate of drug-likeness (QED) is 0.727. The molecule has 0 bridgehead atoms. The van der Waals surface area contributed by atoms with E-state index in [0.29, 0.717) is 12.3 Å². The van der Waals surface area contributed by atoms with E-state index in [1.807, 2.05) is 44.4 Å². The van der Waals surface area contributed by atoms with Crippen LogP contribution in [0.15, 0.2) is 41.1 Å². The Morgan fingerprint density at radius 1 is 1.46 bits per heavy atom. The van der Waals surface area contributed by atoms with Gasteiger partial charge in [0.15, 0.2) is 11.3 Å². The topological polar surface area (TPSA) is 72.4 Å². The van der Waals surface area contributed by atoms with E-state index in [0.717, 1.165) is 22.3 Å². The maximum atomic E-state index is 10.7. The predicted octanol–water partition coefficient (Wildman–Crippen LogP) is 2.73. The van der Waals surface area contributed by atoms with Gasteiger partial charge in [0.1, 0.15) is 11.4 Å². The van der Waals surface area contributed by atoms with E-state index in [1.54, 1.807) is 24.9 Å². The van der Waals surface area contributed by atoms with Gasteiger partial charge in [-0.15, -0.1) is 0 Å².